The average Bonchev–Trinajstić information content (AvgIpc) is 1.82. The molecule has 0 spiro atoms. The number of hydrogen-bond donors (Lipinski definition) is 1. The average molecular weight is 203 g/mol. The van der Waals surface area contributed by atoms with Crippen molar-refractivity contribution in [1.29, 1.82) is 0 Å². The lowest BCUT2D eigenvalue weighted by molar-refractivity contribution is 0.0694. The second-order valence-corrected chi connectivity index (χ2v) is 2.62. The second kappa shape index (κ2) is 4.18. The van der Waals surface area contributed by atoms with E-state index in [1.807, 2.05) is 0 Å². The van der Waals surface area contributed by atoms with Gasteiger partial charge < -0.3 is 5.11 Å². The smallest absolute Gasteiger partial charge is 0.339 e. The summed E-state index contributed by atoms with van der Waals surface area (Å²) in [4.78, 5) is 18.6. The van der Waals surface area contributed by atoms with Crippen LogP contribution in [0, 0.1) is 20.8 Å². The van der Waals surface area contributed by atoms with Crippen LogP contribution < -0.4 is 0 Å². The predicted molar refractivity (Wildman–Crippen MR) is 50.5 cm³/mol. The lowest BCUT2D eigenvalue weighted by Crippen LogP contribution is -2.08. The van der Waals surface area contributed by atoms with Crippen molar-refractivity contribution in [1.82, 2.24) is 9.97 Å². The SMILES string of the molecule is Cc1nc(C)c(C(=O)O)c(C)n1.Cl. The first-order chi connectivity index (χ1) is 5.52. The molecule has 0 aliphatic carbocycles. The van der Waals surface area contributed by atoms with Crippen molar-refractivity contribution in [2.75, 3.05) is 0 Å². The van der Waals surface area contributed by atoms with Crippen LogP contribution in [0.1, 0.15) is 27.6 Å². The first-order valence-corrected chi connectivity index (χ1v) is 3.57. The van der Waals surface area contributed by atoms with E-state index in [0.717, 1.165) is 0 Å². The molecule has 0 bridgehead atoms. The first kappa shape index (κ1) is 11.8. The van der Waals surface area contributed by atoms with E-state index in [1.54, 1.807) is 20.8 Å². The Bertz CT molecular complexity index is 316. The van der Waals surface area contributed by atoms with Crippen molar-refractivity contribution >= 4 is 18.4 Å². The molecule has 1 aromatic heterocycles. The monoisotopic (exact) mass is 202 g/mol. The Labute approximate surface area is 82.4 Å². The molecule has 5 heteroatoms. The van der Waals surface area contributed by atoms with Gasteiger partial charge in [0.05, 0.1) is 11.4 Å². The second-order valence-electron chi connectivity index (χ2n) is 2.62. The fourth-order valence-corrected chi connectivity index (χ4v) is 1.19. The molecule has 1 heterocycles. The Morgan fingerprint density at radius 3 is 1.85 bits per heavy atom. The summed E-state index contributed by atoms with van der Waals surface area (Å²) in [6.45, 7) is 5.09. The van der Waals surface area contributed by atoms with Gasteiger partial charge in [-0.05, 0) is 20.8 Å². The molecule has 0 saturated carbocycles. The Morgan fingerprint density at radius 2 is 1.54 bits per heavy atom. The number of nitrogens with zero attached hydrogens (tertiary/aromatic N) is 2. The van der Waals surface area contributed by atoms with Crippen molar-refractivity contribution < 1.29 is 9.90 Å². The van der Waals surface area contributed by atoms with Crippen LogP contribution in [0.3, 0.4) is 0 Å². The number of carboxylic acid groups (broad SMARTS) is 1. The maximum absolute atomic E-state index is 10.7. The summed E-state index contributed by atoms with van der Waals surface area (Å²) in [5.41, 5.74) is 1.25. The van der Waals surface area contributed by atoms with E-state index in [0.29, 0.717) is 17.2 Å². The lowest BCUT2D eigenvalue weighted by Gasteiger charge is -2.03. The van der Waals surface area contributed by atoms with Crippen LogP contribution in [-0.2, 0) is 0 Å². The van der Waals surface area contributed by atoms with Gasteiger partial charge in [0, 0.05) is 0 Å². The summed E-state index contributed by atoms with van der Waals surface area (Å²) < 4.78 is 0. The summed E-state index contributed by atoms with van der Waals surface area (Å²) in [7, 11) is 0. The third-order valence-corrected chi connectivity index (χ3v) is 1.60. The van der Waals surface area contributed by atoms with Gasteiger partial charge in [-0.15, -0.1) is 12.4 Å². The molecule has 4 nitrogen and oxygen atoms in total. The standard InChI is InChI=1S/C8H10N2O2.ClH/c1-4-7(8(11)12)5(2)10-6(3)9-4;/h1-3H3,(H,11,12);1H. The van der Waals surface area contributed by atoms with Gasteiger partial charge in [0.25, 0.3) is 0 Å². The van der Waals surface area contributed by atoms with Crippen LogP contribution in [0.15, 0.2) is 0 Å². The van der Waals surface area contributed by atoms with E-state index in [1.165, 1.54) is 0 Å². The molecule has 0 atom stereocenters. The Balaban J connectivity index is 0.00000144. The number of carboxylic acids is 1. The third kappa shape index (κ3) is 2.39. The minimum absolute atomic E-state index is 0. The molecule has 13 heavy (non-hydrogen) atoms. The molecule has 0 radical (unpaired) electrons. The van der Waals surface area contributed by atoms with Crippen LogP contribution in [0.5, 0.6) is 0 Å². The van der Waals surface area contributed by atoms with Crippen molar-refractivity contribution in [3.05, 3.63) is 22.8 Å². The molecular formula is C8H11ClN2O2. The molecule has 0 aliphatic rings. The number of aromatic carboxylic acids is 1. The summed E-state index contributed by atoms with van der Waals surface area (Å²) in [6.07, 6.45) is 0. The first-order valence-electron chi connectivity index (χ1n) is 3.57. The topological polar surface area (TPSA) is 63.1 Å². The minimum atomic E-state index is -0.968. The van der Waals surface area contributed by atoms with E-state index in [-0.39, 0.29) is 18.0 Å². The number of rotatable bonds is 1. The molecule has 1 aromatic rings. The number of halogens is 1. The minimum Gasteiger partial charge on any atom is -0.478 e. The van der Waals surface area contributed by atoms with Crippen LogP contribution in [-0.4, -0.2) is 21.0 Å². The van der Waals surface area contributed by atoms with Gasteiger partial charge in [0.15, 0.2) is 0 Å². The van der Waals surface area contributed by atoms with Gasteiger partial charge in [0.1, 0.15) is 11.4 Å². The number of aromatic nitrogens is 2. The van der Waals surface area contributed by atoms with Gasteiger partial charge >= 0.3 is 5.97 Å². The zero-order valence-corrected chi connectivity index (χ0v) is 8.47. The Morgan fingerprint density at radius 1 is 1.15 bits per heavy atom. The quantitative estimate of drug-likeness (QED) is 0.750. The fourth-order valence-electron chi connectivity index (χ4n) is 1.19. The number of aryl methyl sites for hydroxylation is 3. The summed E-state index contributed by atoms with van der Waals surface area (Å²) in [6, 6.07) is 0. The van der Waals surface area contributed by atoms with Gasteiger partial charge in [-0.2, -0.15) is 0 Å². The van der Waals surface area contributed by atoms with Crippen molar-refractivity contribution in [2.24, 2.45) is 0 Å². The van der Waals surface area contributed by atoms with E-state index < -0.39 is 5.97 Å². The zero-order valence-electron chi connectivity index (χ0n) is 7.66. The molecule has 72 valence electrons. The molecule has 0 aliphatic heterocycles. The molecule has 1 N–H and O–H groups in total. The summed E-state index contributed by atoms with van der Waals surface area (Å²) in [5.74, 6) is -0.361. The zero-order chi connectivity index (χ0) is 9.30. The largest absolute Gasteiger partial charge is 0.478 e. The van der Waals surface area contributed by atoms with Crippen LogP contribution in [0.2, 0.25) is 0 Å². The van der Waals surface area contributed by atoms with Crippen molar-refractivity contribution in [2.45, 2.75) is 20.8 Å². The highest BCUT2D eigenvalue weighted by Gasteiger charge is 2.12. The maximum Gasteiger partial charge on any atom is 0.339 e. The summed E-state index contributed by atoms with van der Waals surface area (Å²) >= 11 is 0. The molecule has 0 aromatic carbocycles. The van der Waals surface area contributed by atoms with Gasteiger partial charge in [-0.1, -0.05) is 0 Å². The van der Waals surface area contributed by atoms with Gasteiger partial charge in [-0.3, -0.25) is 0 Å². The summed E-state index contributed by atoms with van der Waals surface area (Å²) in [5, 5.41) is 8.76. The molecule has 0 unspecified atom stereocenters. The Kier molecular flexibility index (Phi) is 3.81. The highest BCUT2D eigenvalue weighted by molar-refractivity contribution is 5.89. The predicted octanol–water partition coefficient (Wildman–Crippen LogP) is 1.52. The van der Waals surface area contributed by atoms with E-state index in [9.17, 15) is 4.79 Å². The van der Waals surface area contributed by atoms with Crippen LogP contribution in [0.25, 0.3) is 0 Å². The van der Waals surface area contributed by atoms with Gasteiger partial charge in [0.2, 0.25) is 0 Å². The molecule has 1 rings (SSSR count). The fraction of sp³-hybridized carbons (Fsp3) is 0.375. The highest BCUT2D eigenvalue weighted by Crippen LogP contribution is 2.09. The molecule has 0 saturated heterocycles. The van der Waals surface area contributed by atoms with Crippen molar-refractivity contribution in [3.8, 4) is 0 Å². The molecule has 0 amide bonds. The van der Waals surface area contributed by atoms with E-state index in [4.69, 9.17) is 5.11 Å². The van der Waals surface area contributed by atoms with Crippen LogP contribution >= 0.6 is 12.4 Å². The highest BCUT2D eigenvalue weighted by atomic mass is 35.5. The molecular weight excluding hydrogens is 192 g/mol. The van der Waals surface area contributed by atoms with E-state index in [2.05, 4.69) is 9.97 Å². The molecule has 0 fully saturated rings. The Hall–Kier alpha value is -1.16. The van der Waals surface area contributed by atoms with Crippen LogP contribution in [0.4, 0.5) is 0 Å². The van der Waals surface area contributed by atoms with Gasteiger partial charge in [-0.25, -0.2) is 14.8 Å². The van der Waals surface area contributed by atoms with E-state index >= 15 is 0 Å². The lowest BCUT2D eigenvalue weighted by atomic mass is 10.2. The maximum atomic E-state index is 10.7. The number of hydrogen-bond acceptors (Lipinski definition) is 3. The third-order valence-electron chi connectivity index (χ3n) is 1.60. The normalized spacial score (nSPS) is 9.15. The number of carbonyl (C=O) groups is 1. The van der Waals surface area contributed by atoms with Crippen molar-refractivity contribution in [3.63, 3.8) is 0 Å².